The number of likely N-dealkylation sites (N-methyl/N-ethyl adjacent to an activating group) is 1. The number of carbonyl (C=O) groups excluding carboxylic acids is 2. The molecule has 0 saturated carbocycles. The Kier molecular flexibility index (Phi) is 3.63. The summed E-state index contributed by atoms with van der Waals surface area (Å²) in [4.78, 5) is 29.7. The molecule has 5 rings (SSSR count). The zero-order valence-electron chi connectivity index (χ0n) is 16.1. The number of piperidine rings is 1. The maximum Gasteiger partial charge on any atom is 0.253 e. The number of nitrogens with zero attached hydrogens (tertiary/aromatic N) is 2. The highest BCUT2D eigenvalue weighted by molar-refractivity contribution is 6.08. The van der Waals surface area contributed by atoms with E-state index < -0.39 is 5.41 Å². The number of furan rings is 1. The molecule has 0 radical (unpaired) electrons. The molecule has 2 aliphatic heterocycles. The molecular weight excluding hydrogens is 352 g/mol. The number of carbonyl (C=O) groups is 2. The van der Waals surface area contributed by atoms with Gasteiger partial charge in [-0.2, -0.15) is 0 Å². The van der Waals surface area contributed by atoms with Crippen LogP contribution in [0.5, 0.6) is 0 Å². The summed E-state index contributed by atoms with van der Waals surface area (Å²) in [5.74, 6) is 1.00. The van der Waals surface area contributed by atoms with E-state index >= 15 is 0 Å². The number of likely N-dealkylation sites (tertiary alicyclic amines) is 1. The van der Waals surface area contributed by atoms with Crippen LogP contribution in [0.25, 0.3) is 11.0 Å². The van der Waals surface area contributed by atoms with Crippen molar-refractivity contribution in [2.24, 2.45) is 0 Å². The second kappa shape index (κ2) is 5.96. The van der Waals surface area contributed by atoms with Crippen LogP contribution >= 0.6 is 0 Å². The van der Waals surface area contributed by atoms with Gasteiger partial charge in [-0.25, -0.2) is 0 Å². The van der Waals surface area contributed by atoms with Crippen molar-refractivity contribution in [1.82, 2.24) is 4.90 Å². The van der Waals surface area contributed by atoms with Gasteiger partial charge in [-0.1, -0.05) is 18.2 Å². The summed E-state index contributed by atoms with van der Waals surface area (Å²) in [6.07, 6.45) is 1.32. The predicted octanol–water partition coefficient (Wildman–Crippen LogP) is 3.89. The average Bonchev–Trinajstić information content (AvgIpc) is 3.19. The molecule has 0 aliphatic carbocycles. The van der Waals surface area contributed by atoms with Crippen molar-refractivity contribution >= 4 is 28.5 Å². The van der Waals surface area contributed by atoms with Gasteiger partial charge in [0.2, 0.25) is 5.91 Å². The molecular formula is C23H22N2O3. The second-order valence-corrected chi connectivity index (χ2v) is 7.87. The molecule has 5 nitrogen and oxygen atoms in total. The van der Waals surface area contributed by atoms with Crippen LogP contribution in [0, 0.1) is 6.92 Å². The minimum absolute atomic E-state index is 0.0164. The number of benzene rings is 2. The Hall–Kier alpha value is -3.08. The van der Waals surface area contributed by atoms with Crippen LogP contribution in [0.2, 0.25) is 0 Å². The second-order valence-electron chi connectivity index (χ2n) is 7.87. The van der Waals surface area contributed by atoms with Crippen molar-refractivity contribution in [3.63, 3.8) is 0 Å². The predicted molar refractivity (Wildman–Crippen MR) is 108 cm³/mol. The summed E-state index contributed by atoms with van der Waals surface area (Å²) >= 11 is 0. The summed E-state index contributed by atoms with van der Waals surface area (Å²) in [6, 6.07) is 15.5. The van der Waals surface area contributed by atoms with E-state index in [0.717, 1.165) is 28.0 Å². The van der Waals surface area contributed by atoms with Crippen molar-refractivity contribution in [2.45, 2.75) is 25.2 Å². The SMILES string of the molecule is Cc1cc2cc(C(=O)N3CCC4(CC3)C(=O)N(C)c3ccccc34)ccc2o1. The molecule has 0 atom stereocenters. The van der Waals surface area contributed by atoms with Crippen LogP contribution in [0.1, 0.15) is 34.5 Å². The monoisotopic (exact) mass is 374 g/mol. The standard InChI is InChI=1S/C23H22N2O3/c1-15-13-17-14-16(7-8-20(17)28-15)21(26)25-11-9-23(10-12-25)18-5-3-4-6-19(18)24(2)22(23)27/h3-8,13-14H,9-12H2,1-2H3. The molecule has 1 saturated heterocycles. The lowest BCUT2D eigenvalue weighted by Gasteiger charge is -2.38. The third kappa shape index (κ3) is 2.32. The fourth-order valence-electron chi connectivity index (χ4n) is 4.78. The van der Waals surface area contributed by atoms with E-state index in [4.69, 9.17) is 4.42 Å². The van der Waals surface area contributed by atoms with E-state index in [2.05, 4.69) is 6.07 Å². The van der Waals surface area contributed by atoms with E-state index in [1.165, 1.54) is 0 Å². The van der Waals surface area contributed by atoms with Gasteiger partial charge in [-0.05, 0) is 55.7 Å². The molecule has 2 aromatic carbocycles. The van der Waals surface area contributed by atoms with Crippen LogP contribution < -0.4 is 4.90 Å². The highest BCUT2D eigenvalue weighted by Crippen LogP contribution is 2.47. The number of para-hydroxylation sites is 1. The van der Waals surface area contributed by atoms with Gasteiger partial charge < -0.3 is 14.2 Å². The molecule has 2 aliphatic rings. The minimum Gasteiger partial charge on any atom is -0.461 e. The number of anilines is 1. The quantitative estimate of drug-likeness (QED) is 0.649. The fraction of sp³-hybridized carbons (Fsp3) is 0.304. The Morgan fingerprint density at radius 1 is 1.07 bits per heavy atom. The Morgan fingerprint density at radius 3 is 2.61 bits per heavy atom. The first kappa shape index (κ1) is 17.0. The first-order valence-electron chi connectivity index (χ1n) is 9.67. The summed E-state index contributed by atoms with van der Waals surface area (Å²) < 4.78 is 5.60. The average molecular weight is 374 g/mol. The molecule has 0 unspecified atom stereocenters. The summed E-state index contributed by atoms with van der Waals surface area (Å²) in [5, 5.41) is 0.943. The zero-order chi connectivity index (χ0) is 19.5. The number of fused-ring (bicyclic) bond motifs is 3. The molecule has 28 heavy (non-hydrogen) atoms. The molecule has 2 amide bonds. The number of hydrogen-bond acceptors (Lipinski definition) is 3. The third-order valence-electron chi connectivity index (χ3n) is 6.29. The van der Waals surface area contributed by atoms with E-state index in [9.17, 15) is 9.59 Å². The Balaban J connectivity index is 1.39. The number of rotatable bonds is 1. The Morgan fingerprint density at radius 2 is 1.82 bits per heavy atom. The molecule has 3 aromatic rings. The Labute approximate surface area is 163 Å². The van der Waals surface area contributed by atoms with Gasteiger partial charge in [0.1, 0.15) is 11.3 Å². The highest BCUT2D eigenvalue weighted by Gasteiger charge is 2.51. The molecule has 0 bridgehead atoms. The maximum atomic E-state index is 13.0. The molecule has 5 heteroatoms. The maximum absolute atomic E-state index is 13.0. The van der Waals surface area contributed by atoms with E-state index in [-0.39, 0.29) is 11.8 Å². The van der Waals surface area contributed by atoms with Crippen molar-refractivity contribution in [3.8, 4) is 0 Å². The Bertz CT molecular complexity index is 1110. The van der Waals surface area contributed by atoms with Gasteiger partial charge in [0.15, 0.2) is 0 Å². The fourth-order valence-corrected chi connectivity index (χ4v) is 4.78. The molecule has 0 N–H and O–H groups in total. The first-order chi connectivity index (χ1) is 13.5. The summed E-state index contributed by atoms with van der Waals surface area (Å²) in [7, 11) is 1.84. The topological polar surface area (TPSA) is 53.8 Å². The van der Waals surface area contributed by atoms with Gasteiger partial charge in [0.25, 0.3) is 5.91 Å². The van der Waals surface area contributed by atoms with E-state index in [0.29, 0.717) is 31.5 Å². The van der Waals surface area contributed by atoms with Crippen LogP contribution in [-0.2, 0) is 10.2 Å². The lowest BCUT2D eigenvalue weighted by atomic mass is 9.73. The molecule has 1 spiro atoms. The molecule has 142 valence electrons. The van der Waals surface area contributed by atoms with E-state index in [1.807, 2.05) is 61.3 Å². The van der Waals surface area contributed by atoms with Gasteiger partial charge in [0, 0.05) is 36.8 Å². The molecule has 1 aromatic heterocycles. The highest BCUT2D eigenvalue weighted by atomic mass is 16.3. The zero-order valence-corrected chi connectivity index (χ0v) is 16.1. The normalized spacial score (nSPS) is 18.1. The van der Waals surface area contributed by atoms with Gasteiger partial charge >= 0.3 is 0 Å². The first-order valence-corrected chi connectivity index (χ1v) is 9.67. The van der Waals surface area contributed by atoms with Crippen molar-refractivity contribution in [3.05, 3.63) is 65.4 Å². The number of hydrogen-bond donors (Lipinski definition) is 0. The van der Waals surface area contributed by atoms with Crippen LogP contribution in [-0.4, -0.2) is 36.9 Å². The largest absolute Gasteiger partial charge is 0.461 e. The smallest absolute Gasteiger partial charge is 0.253 e. The minimum atomic E-state index is -0.492. The van der Waals surface area contributed by atoms with Crippen molar-refractivity contribution in [1.29, 1.82) is 0 Å². The van der Waals surface area contributed by atoms with Crippen molar-refractivity contribution in [2.75, 3.05) is 25.0 Å². The van der Waals surface area contributed by atoms with Crippen LogP contribution in [0.3, 0.4) is 0 Å². The lowest BCUT2D eigenvalue weighted by Crippen LogP contribution is -2.49. The molecule has 1 fully saturated rings. The lowest BCUT2D eigenvalue weighted by molar-refractivity contribution is -0.124. The van der Waals surface area contributed by atoms with E-state index in [1.54, 1.807) is 4.90 Å². The summed E-state index contributed by atoms with van der Waals surface area (Å²) in [5.41, 5.74) is 3.06. The van der Waals surface area contributed by atoms with Crippen molar-refractivity contribution < 1.29 is 14.0 Å². The number of aryl methyl sites for hydroxylation is 1. The van der Waals surface area contributed by atoms with Gasteiger partial charge in [-0.15, -0.1) is 0 Å². The van der Waals surface area contributed by atoms with Crippen LogP contribution in [0.15, 0.2) is 52.9 Å². The third-order valence-corrected chi connectivity index (χ3v) is 6.29. The number of amides is 2. The summed E-state index contributed by atoms with van der Waals surface area (Å²) in [6.45, 7) is 3.06. The van der Waals surface area contributed by atoms with Crippen LogP contribution in [0.4, 0.5) is 5.69 Å². The van der Waals surface area contributed by atoms with Gasteiger partial charge in [-0.3, -0.25) is 9.59 Å². The molecule has 3 heterocycles. The van der Waals surface area contributed by atoms with Gasteiger partial charge in [0.05, 0.1) is 5.41 Å².